The van der Waals surface area contributed by atoms with Gasteiger partial charge in [-0.2, -0.15) is 4.31 Å². The summed E-state index contributed by atoms with van der Waals surface area (Å²) in [4.78, 5) is 25.7. The molecule has 176 valence electrons. The standard InChI is InChI=1S/C23H27N3O6S/c1-16-7-12-21(32-2)22-20(16)6-4-14-25(22)23(27)17-5-3-13-24(15-17)33(30,31)19-10-8-18(9-11-19)26(28)29/h7-12,17H,3-6,13-15H2,1-2H3. The van der Waals surface area contributed by atoms with E-state index in [1.165, 1.54) is 28.6 Å². The van der Waals surface area contributed by atoms with Gasteiger partial charge in [0, 0.05) is 31.8 Å². The second-order valence-electron chi connectivity index (χ2n) is 8.46. The quantitative estimate of drug-likeness (QED) is 0.487. The summed E-state index contributed by atoms with van der Waals surface area (Å²) in [5, 5.41) is 10.9. The number of nitrogens with zero attached hydrogens (tertiary/aromatic N) is 3. The summed E-state index contributed by atoms with van der Waals surface area (Å²) in [5.41, 5.74) is 2.83. The van der Waals surface area contributed by atoms with Gasteiger partial charge in [0.1, 0.15) is 5.75 Å². The first-order chi connectivity index (χ1) is 15.7. The first kappa shape index (κ1) is 23.2. The number of anilines is 1. The van der Waals surface area contributed by atoms with Crippen LogP contribution >= 0.6 is 0 Å². The molecule has 1 unspecified atom stereocenters. The summed E-state index contributed by atoms with van der Waals surface area (Å²) in [6.07, 6.45) is 2.87. The highest BCUT2D eigenvalue weighted by Crippen LogP contribution is 2.39. The molecule has 9 nitrogen and oxygen atoms in total. The molecule has 0 saturated carbocycles. The molecule has 2 aromatic carbocycles. The van der Waals surface area contributed by atoms with Gasteiger partial charge in [-0.25, -0.2) is 8.42 Å². The molecule has 2 heterocycles. The third-order valence-electron chi connectivity index (χ3n) is 6.46. The molecule has 1 atom stereocenters. The number of fused-ring (bicyclic) bond motifs is 1. The molecule has 1 fully saturated rings. The van der Waals surface area contributed by atoms with Crippen LogP contribution in [0.2, 0.25) is 0 Å². The molecular formula is C23H27N3O6S. The largest absolute Gasteiger partial charge is 0.495 e. The minimum absolute atomic E-state index is 0.0122. The average Bonchev–Trinajstić information content (AvgIpc) is 2.84. The molecule has 0 N–H and O–H groups in total. The van der Waals surface area contributed by atoms with E-state index in [0.29, 0.717) is 31.7 Å². The summed E-state index contributed by atoms with van der Waals surface area (Å²) in [6, 6.07) is 8.70. The summed E-state index contributed by atoms with van der Waals surface area (Å²) < 4.78 is 33.2. The van der Waals surface area contributed by atoms with Crippen molar-refractivity contribution in [2.75, 3.05) is 31.6 Å². The van der Waals surface area contributed by atoms with Crippen molar-refractivity contribution in [3.8, 4) is 5.75 Å². The van der Waals surface area contributed by atoms with Crippen molar-refractivity contribution < 1.29 is 22.9 Å². The van der Waals surface area contributed by atoms with E-state index >= 15 is 0 Å². The van der Waals surface area contributed by atoms with Gasteiger partial charge in [0.2, 0.25) is 15.9 Å². The average molecular weight is 474 g/mol. The summed E-state index contributed by atoms with van der Waals surface area (Å²) in [6.45, 7) is 2.98. The van der Waals surface area contributed by atoms with Crippen LogP contribution < -0.4 is 9.64 Å². The molecule has 0 bridgehead atoms. The van der Waals surface area contributed by atoms with E-state index in [1.54, 1.807) is 12.0 Å². The lowest BCUT2D eigenvalue weighted by Gasteiger charge is -2.37. The number of nitro groups is 1. The van der Waals surface area contributed by atoms with E-state index in [2.05, 4.69) is 0 Å². The fraction of sp³-hybridized carbons (Fsp3) is 0.435. The Morgan fingerprint density at radius 2 is 1.85 bits per heavy atom. The predicted molar refractivity (Wildman–Crippen MR) is 123 cm³/mol. The van der Waals surface area contributed by atoms with Crippen molar-refractivity contribution >= 4 is 27.3 Å². The van der Waals surface area contributed by atoms with Crippen LogP contribution in [-0.4, -0.2) is 50.3 Å². The van der Waals surface area contributed by atoms with E-state index in [4.69, 9.17) is 4.74 Å². The van der Waals surface area contributed by atoms with Gasteiger partial charge in [0.05, 0.1) is 28.5 Å². The zero-order valence-corrected chi connectivity index (χ0v) is 19.5. The first-order valence-corrected chi connectivity index (χ1v) is 12.4. The second kappa shape index (κ2) is 9.11. The van der Waals surface area contributed by atoms with E-state index in [9.17, 15) is 23.3 Å². The van der Waals surface area contributed by atoms with Crippen molar-refractivity contribution in [1.29, 1.82) is 0 Å². The number of rotatable bonds is 5. The van der Waals surface area contributed by atoms with Crippen LogP contribution in [0.4, 0.5) is 11.4 Å². The smallest absolute Gasteiger partial charge is 0.269 e. The molecule has 0 aliphatic carbocycles. The number of non-ortho nitro benzene ring substituents is 1. The second-order valence-corrected chi connectivity index (χ2v) is 10.4. The maximum Gasteiger partial charge on any atom is 0.269 e. The number of hydrogen-bond acceptors (Lipinski definition) is 6. The first-order valence-electron chi connectivity index (χ1n) is 11.0. The number of sulfonamides is 1. The number of carbonyl (C=O) groups is 1. The van der Waals surface area contributed by atoms with Gasteiger partial charge in [-0.05, 0) is 61.9 Å². The Morgan fingerprint density at radius 1 is 1.12 bits per heavy atom. The van der Waals surface area contributed by atoms with Crippen LogP contribution in [0.5, 0.6) is 5.75 Å². The normalized spacial score (nSPS) is 19.1. The summed E-state index contributed by atoms with van der Waals surface area (Å²) in [7, 11) is -2.28. The highest BCUT2D eigenvalue weighted by atomic mass is 32.2. The Kier molecular flexibility index (Phi) is 6.40. The van der Waals surface area contributed by atoms with Crippen molar-refractivity contribution in [1.82, 2.24) is 4.31 Å². The molecule has 2 aromatic rings. The van der Waals surface area contributed by atoms with Crippen LogP contribution in [-0.2, 0) is 21.2 Å². The van der Waals surface area contributed by atoms with Gasteiger partial charge in [-0.3, -0.25) is 14.9 Å². The number of nitro benzene ring substituents is 1. The van der Waals surface area contributed by atoms with Crippen molar-refractivity contribution in [3.05, 3.63) is 57.6 Å². The minimum atomic E-state index is -3.87. The molecule has 1 saturated heterocycles. The maximum atomic E-state index is 13.6. The van der Waals surface area contributed by atoms with Crippen LogP contribution in [0.3, 0.4) is 0 Å². The van der Waals surface area contributed by atoms with Crippen LogP contribution in [0.15, 0.2) is 41.3 Å². The van der Waals surface area contributed by atoms with Crippen molar-refractivity contribution in [2.45, 2.75) is 37.5 Å². The minimum Gasteiger partial charge on any atom is -0.495 e. The molecule has 33 heavy (non-hydrogen) atoms. The fourth-order valence-corrected chi connectivity index (χ4v) is 6.23. The molecular weight excluding hydrogens is 446 g/mol. The molecule has 4 rings (SSSR count). The van der Waals surface area contributed by atoms with Crippen molar-refractivity contribution in [3.63, 3.8) is 0 Å². The Morgan fingerprint density at radius 3 is 2.52 bits per heavy atom. The molecule has 0 radical (unpaired) electrons. The molecule has 10 heteroatoms. The van der Waals surface area contributed by atoms with Crippen molar-refractivity contribution in [2.24, 2.45) is 5.92 Å². The Hall–Kier alpha value is -2.98. The lowest BCUT2D eigenvalue weighted by molar-refractivity contribution is -0.384. The highest BCUT2D eigenvalue weighted by Gasteiger charge is 2.37. The van der Waals surface area contributed by atoms with Gasteiger partial charge in [-0.1, -0.05) is 6.07 Å². The van der Waals surface area contributed by atoms with Gasteiger partial charge in [0.15, 0.2) is 0 Å². The Bertz CT molecular complexity index is 1180. The van der Waals surface area contributed by atoms with Gasteiger partial charge < -0.3 is 9.64 Å². The predicted octanol–water partition coefficient (Wildman–Crippen LogP) is 3.29. The van der Waals surface area contributed by atoms with Crippen LogP contribution in [0.1, 0.15) is 30.4 Å². The monoisotopic (exact) mass is 473 g/mol. The molecule has 0 spiro atoms. The van der Waals surface area contributed by atoms with Gasteiger partial charge in [0.25, 0.3) is 5.69 Å². The number of ether oxygens (including phenoxy) is 1. The topological polar surface area (TPSA) is 110 Å². The van der Waals surface area contributed by atoms with E-state index in [0.717, 1.165) is 29.7 Å². The van der Waals surface area contributed by atoms with E-state index in [1.807, 2.05) is 19.1 Å². The number of carbonyl (C=O) groups excluding carboxylic acids is 1. The highest BCUT2D eigenvalue weighted by molar-refractivity contribution is 7.89. The number of methoxy groups -OCH3 is 1. The summed E-state index contributed by atoms with van der Waals surface area (Å²) >= 11 is 0. The van der Waals surface area contributed by atoms with Crippen LogP contribution in [0, 0.1) is 23.0 Å². The number of piperidine rings is 1. The number of amides is 1. The van der Waals surface area contributed by atoms with Gasteiger partial charge >= 0.3 is 0 Å². The molecule has 0 aromatic heterocycles. The lowest BCUT2D eigenvalue weighted by atomic mass is 9.93. The fourth-order valence-electron chi connectivity index (χ4n) is 4.71. The zero-order chi connectivity index (χ0) is 23.8. The summed E-state index contributed by atoms with van der Waals surface area (Å²) in [5.74, 6) is 0.0843. The van der Waals surface area contributed by atoms with E-state index < -0.39 is 20.9 Å². The SMILES string of the molecule is COc1ccc(C)c2c1N(C(=O)C1CCCN(S(=O)(=O)c3ccc([N+](=O)[O-])cc3)C1)CCC2. The lowest BCUT2D eigenvalue weighted by Crippen LogP contribution is -2.48. The zero-order valence-electron chi connectivity index (χ0n) is 18.7. The number of benzene rings is 2. The third-order valence-corrected chi connectivity index (χ3v) is 8.34. The molecule has 2 aliphatic heterocycles. The number of hydrogen-bond donors (Lipinski definition) is 0. The van der Waals surface area contributed by atoms with Gasteiger partial charge in [-0.15, -0.1) is 0 Å². The molecule has 1 amide bonds. The number of aryl methyl sites for hydroxylation is 1. The third kappa shape index (κ3) is 4.32. The van der Waals surface area contributed by atoms with Crippen LogP contribution in [0.25, 0.3) is 0 Å². The molecule has 2 aliphatic rings. The Labute approximate surface area is 193 Å². The maximum absolute atomic E-state index is 13.6. The Balaban J connectivity index is 1.58. The van der Waals surface area contributed by atoms with E-state index in [-0.39, 0.29) is 23.0 Å².